The molecule has 6 heteroatoms. The molecule has 2 aliphatic heterocycles. The first-order chi connectivity index (χ1) is 13.5. The molecular formula is C22H29N3O3. The van der Waals surface area contributed by atoms with Crippen LogP contribution in [0.1, 0.15) is 56.1 Å². The molecule has 1 spiro atoms. The Morgan fingerprint density at radius 3 is 2.57 bits per heavy atom. The summed E-state index contributed by atoms with van der Waals surface area (Å²) in [4.78, 5) is 41.3. The van der Waals surface area contributed by atoms with Crippen molar-refractivity contribution in [1.29, 1.82) is 0 Å². The van der Waals surface area contributed by atoms with E-state index in [4.69, 9.17) is 0 Å². The quantitative estimate of drug-likeness (QED) is 0.813. The van der Waals surface area contributed by atoms with Gasteiger partial charge in [0, 0.05) is 32.0 Å². The van der Waals surface area contributed by atoms with Gasteiger partial charge in [0.05, 0.1) is 0 Å². The SMILES string of the molecule is Cc1cccc(CN2CC(CN3C(=O)NC4(CCCCCC4)C3=O)CC2=O)c1. The molecule has 3 fully saturated rings. The summed E-state index contributed by atoms with van der Waals surface area (Å²) in [5.41, 5.74) is 1.59. The predicted molar refractivity (Wildman–Crippen MR) is 105 cm³/mol. The first-order valence-corrected chi connectivity index (χ1v) is 10.4. The van der Waals surface area contributed by atoms with Gasteiger partial charge >= 0.3 is 6.03 Å². The number of imide groups is 1. The molecule has 4 amide bonds. The number of aryl methyl sites for hydroxylation is 1. The number of nitrogens with one attached hydrogen (secondary N) is 1. The molecule has 1 aromatic rings. The molecule has 1 unspecified atom stereocenters. The van der Waals surface area contributed by atoms with Crippen LogP contribution in [0.15, 0.2) is 24.3 Å². The highest BCUT2D eigenvalue weighted by molar-refractivity contribution is 6.07. The Bertz CT molecular complexity index is 783. The first kappa shape index (κ1) is 19.0. The molecule has 1 aliphatic carbocycles. The fourth-order valence-corrected chi connectivity index (χ4v) is 4.93. The third-order valence-electron chi connectivity index (χ3n) is 6.39. The Labute approximate surface area is 166 Å². The summed E-state index contributed by atoms with van der Waals surface area (Å²) in [5.74, 6) is 0.0275. The highest BCUT2D eigenvalue weighted by Crippen LogP contribution is 2.34. The summed E-state index contributed by atoms with van der Waals surface area (Å²) in [5, 5.41) is 2.99. The molecule has 1 aromatic carbocycles. The van der Waals surface area contributed by atoms with Crippen LogP contribution in [0.4, 0.5) is 4.79 Å². The van der Waals surface area contributed by atoms with Gasteiger partial charge in [-0.3, -0.25) is 14.5 Å². The van der Waals surface area contributed by atoms with Gasteiger partial charge in [0.1, 0.15) is 5.54 Å². The van der Waals surface area contributed by atoms with Gasteiger partial charge in [0.25, 0.3) is 5.91 Å². The predicted octanol–water partition coefficient (Wildman–Crippen LogP) is 2.99. The number of carbonyl (C=O) groups excluding carboxylic acids is 3. The second-order valence-corrected chi connectivity index (χ2v) is 8.68. The monoisotopic (exact) mass is 383 g/mol. The van der Waals surface area contributed by atoms with Gasteiger partial charge in [-0.05, 0) is 25.3 Å². The second kappa shape index (κ2) is 7.57. The number of carbonyl (C=O) groups is 3. The molecule has 1 N–H and O–H groups in total. The zero-order valence-electron chi connectivity index (χ0n) is 16.6. The summed E-state index contributed by atoms with van der Waals surface area (Å²) in [7, 11) is 0. The van der Waals surface area contributed by atoms with Crippen LogP contribution in [-0.4, -0.2) is 46.3 Å². The van der Waals surface area contributed by atoms with E-state index in [0.29, 0.717) is 26.1 Å². The molecule has 4 rings (SSSR count). The molecule has 0 bridgehead atoms. The maximum absolute atomic E-state index is 13.1. The van der Waals surface area contributed by atoms with Gasteiger partial charge in [-0.1, -0.05) is 55.5 Å². The number of nitrogens with zero attached hydrogens (tertiary/aromatic N) is 2. The van der Waals surface area contributed by atoms with E-state index in [9.17, 15) is 14.4 Å². The number of benzene rings is 1. The highest BCUT2D eigenvalue weighted by Gasteiger charge is 2.51. The lowest BCUT2D eigenvalue weighted by atomic mass is 9.90. The summed E-state index contributed by atoms with van der Waals surface area (Å²) in [6.07, 6.45) is 6.06. The molecule has 2 heterocycles. The van der Waals surface area contributed by atoms with Crippen LogP contribution < -0.4 is 5.32 Å². The Balaban J connectivity index is 1.40. The average Bonchev–Trinajstić information content (AvgIpc) is 2.97. The molecule has 6 nitrogen and oxygen atoms in total. The van der Waals surface area contributed by atoms with E-state index >= 15 is 0 Å². The minimum absolute atomic E-state index is 0.00735. The maximum Gasteiger partial charge on any atom is 0.325 e. The van der Waals surface area contributed by atoms with Crippen LogP contribution in [0.2, 0.25) is 0 Å². The first-order valence-electron chi connectivity index (χ1n) is 10.4. The summed E-state index contributed by atoms with van der Waals surface area (Å²) < 4.78 is 0. The number of amides is 4. The van der Waals surface area contributed by atoms with Gasteiger partial charge in [-0.25, -0.2) is 4.79 Å². The summed E-state index contributed by atoms with van der Waals surface area (Å²) >= 11 is 0. The Hall–Kier alpha value is -2.37. The Kier molecular flexibility index (Phi) is 5.13. The smallest absolute Gasteiger partial charge is 0.325 e. The number of urea groups is 1. The third-order valence-corrected chi connectivity index (χ3v) is 6.39. The van der Waals surface area contributed by atoms with Gasteiger partial charge in [0.2, 0.25) is 5.91 Å². The molecule has 2 saturated heterocycles. The van der Waals surface area contributed by atoms with Crippen LogP contribution in [-0.2, 0) is 16.1 Å². The van der Waals surface area contributed by atoms with E-state index in [2.05, 4.69) is 11.4 Å². The number of likely N-dealkylation sites (tertiary alicyclic amines) is 1. The normalized spacial score (nSPS) is 24.8. The zero-order valence-corrected chi connectivity index (χ0v) is 16.6. The van der Waals surface area contributed by atoms with Crippen LogP contribution in [0.25, 0.3) is 0 Å². The van der Waals surface area contributed by atoms with Crippen molar-refractivity contribution in [3.05, 3.63) is 35.4 Å². The highest BCUT2D eigenvalue weighted by atomic mass is 16.2. The molecule has 1 atom stereocenters. The van der Waals surface area contributed by atoms with Crippen molar-refractivity contribution in [3.63, 3.8) is 0 Å². The zero-order chi connectivity index (χ0) is 19.7. The van der Waals surface area contributed by atoms with Crippen molar-refractivity contribution < 1.29 is 14.4 Å². The largest absolute Gasteiger partial charge is 0.338 e. The van der Waals surface area contributed by atoms with Crippen LogP contribution in [0.3, 0.4) is 0 Å². The van der Waals surface area contributed by atoms with E-state index in [0.717, 1.165) is 44.1 Å². The lowest BCUT2D eigenvalue weighted by Gasteiger charge is -2.25. The van der Waals surface area contributed by atoms with Crippen LogP contribution in [0, 0.1) is 12.8 Å². The summed E-state index contributed by atoms with van der Waals surface area (Å²) in [6, 6.07) is 7.88. The van der Waals surface area contributed by atoms with Crippen molar-refractivity contribution in [2.75, 3.05) is 13.1 Å². The third kappa shape index (κ3) is 3.64. The van der Waals surface area contributed by atoms with E-state index < -0.39 is 5.54 Å². The average molecular weight is 383 g/mol. The number of rotatable bonds is 4. The fraction of sp³-hybridized carbons (Fsp3) is 0.591. The Morgan fingerprint density at radius 2 is 1.86 bits per heavy atom. The topological polar surface area (TPSA) is 69.7 Å². The molecular weight excluding hydrogens is 354 g/mol. The molecule has 3 aliphatic rings. The number of hydrogen-bond acceptors (Lipinski definition) is 3. The van der Waals surface area contributed by atoms with Gasteiger partial charge < -0.3 is 10.2 Å². The second-order valence-electron chi connectivity index (χ2n) is 8.68. The fourth-order valence-electron chi connectivity index (χ4n) is 4.93. The van der Waals surface area contributed by atoms with Crippen LogP contribution >= 0.6 is 0 Å². The van der Waals surface area contributed by atoms with Gasteiger partial charge in [0.15, 0.2) is 0 Å². The molecule has 1 saturated carbocycles. The van der Waals surface area contributed by atoms with Gasteiger partial charge in [-0.15, -0.1) is 0 Å². The van der Waals surface area contributed by atoms with Crippen molar-refractivity contribution in [3.8, 4) is 0 Å². The molecule has 0 aromatic heterocycles. The molecule has 0 radical (unpaired) electrons. The number of hydrogen-bond donors (Lipinski definition) is 1. The van der Waals surface area contributed by atoms with Gasteiger partial charge in [-0.2, -0.15) is 0 Å². The van der Waals surface area contributed by atoms with E-state index in [1.54, 1.807) is 0 Å². The van der Waals surface area contributed by atoms with Crippen molar-refractivity contribution in [2.24, 2.45) is 5.92 Å². The lowest BCUT2D eigenvalue weighted by molar-refractivity contribution is -0.132. The standard InChI is InChI=1S/C22H29N3O3/c1-16-7-6-8-17(11-16)13-24-14-18(12-19(24)26)15-25-20(27)22(23-21(25)28)9-4-2-3-5-10-22/h6-8,11,18H,2-5,9-10,12-15H2,1H3,(H,23,28). The Morgan fingerprint density at radius 1 is 1.11 bits per heavy atom. The van der Waals surface area contributed by atoms with Crippen LogP contribution in [0.5, 0.6) is 0 Å². The summed E-state index contributed by atoms with van der Waals surface area (Å²) in [6.45, 7) is 3.56. The lowest BCUT2D eigenvalue weighted by Crippen LogP contribution is -2.46. The van der Waals surface area contributed by atoms with E-state index in [-0.39, 0.29) is 23.8 Å². The molecule has 150 valence electrons. The maximum atomic E-state index is 13.1. The van der Waals surface area contributed by atoms with Crippen molar-refractivity contribution in [1.82, 2.24) is 15.1 Å². The van der Waals surface area contributed by atoms with E-state index in [1.807, 2.05) is 30.0 Å². The molecule has 28 heavy (non-hydrogen) atoms. The minimum atomic E-state index is -0.697. The van der Waals surface area contributed by atoms with E-state index in [1.165, 1.54) is 10.5 Å². The van der Waals surface area contributed by atoms with Crippen molar-refractivity contribution in [2.45, 2.75) is 64.0 Å². The minimum Gasteiger partial charge on any atom is -0.338 e. The van der Waals surface area contributed by atoms with Crippen molar-refractivity contribution >= 4 is 17.8 Å².